The van der Waals surface area contributed by atoms with Crippen LogP contribution >= 0.6 is 0 Å². The maximum absolute atomic E-state index is 10.7. The van der Waals surface area contributed by atoms with Gasteiger partial charge in [-0.3, -0.25) is 0 Å². The van der Waals surface area contributed by atoms with Gasteiger partial charge in [-0.25, -0.2) is 4.79 Å². The molecule has 2 nitrogen and oxygen atoms in total. The lowest BCUT2D eigenvalue weighted by molar-refractivity contribution is -0.130. The summed E-state index contributed by atoms with van der Waals surface area (Å²) in [4.78, 5) is 10.7. The van der Waals surface area contributed by atoms with Crippen molar-refractivity contribution in [3.05, 3.63) is 24.8 Å². The first kappa shape index (κ1) is 9.17. The van der Waals surface area contributed by atoms with E-state index in [0.717, 1.165) is 6.04 Å². The van der Waals surface area contributed by atoms with Gasteiger partial charge < -0.3 is 4.43 Å². The van der Waals surface area contributed by atoms with Crippen LogP contribution in [0.5, 0.6) is 0 Å². The number of allylic oxidation sites excluding steroid dienone is 1. The van der Waals surface area contributed by atoms with Crippen molar-refractivity contribution in [1.82, 2.24) is 0 Å². The van der Waals surface area contributed by atoms with E-state index in [1.54, 1.807) is 13.0 Å². The van der Waals surface area contributed by atoms with Gasteiger partial charge in [-0.15, -0.1) is 6.58 Å². The Hall–Kier alpha value is -0.833. The van der Waals surface area contributed by atoms with Crippen LogP contribution in [-0.4, -0.2) is 15.7 Å². The van der Waals surface area contributed by atoms with Crippen LogP contribution in [0.3, 0.4) is 0 Å². The molecule has 0 bridgehead atoms. The van der Waals surface area contributed by atoms with E-state index in [1.807, 2.05) is 0 Å². The van der Waals surface area contributed by atoms with Gasteiger partial charge in [-0.1, -0.05) is 12.7 Å². The zero-order valence-electron chi connectivity index (χ0n) is 6.22. The minimum Gasteiger partial charge on any atom is -0.521 e. The Balaban J connectivity index is 3.40. The molecule has 3 heteroatoms. The SMILES string of the molecule is C=CC[SiH2]OC(=O)C(=C)C. The summed E-state index contributed by atoms with van der Waals surface area (Å²) < 4.78 is 4.87. The van der Waals surface area contributed by atoms with Crippen molar-refractivity contribution < 1.29 is 9.22 Å². The molecule has 0 aliphatic carbocycles. The molecule has 0 aliphatic rings. The normalized spacial score (nSPS) is 9.70. The summed E-state index contributed by atoms with van der Waals surface area (Å²) in [5, 5.41) is 0. The maximum atomic E-state index is 10.7. The highest BCUT2D eigenvalue weighted by molar-refractivity contribution is 6.32. The van der Waals surface area contributed by atoms with E-state index in [2.05, 4.69) is 13.2 Å². The predicted molar refractivity (Wildman–Crippen MR) is 44.5 cm³/mol. The van der Waals surface area contributed by atoms with Crippen molar-refractivity contribution in [3.63, 3.8) is 0 Å². The minimum atomic E-state index is -0.707. The van der Waals surface area contributed by atoms with Crippen molar-refractivity contribution in [1.29, 1.82) is 0 Å². The first-order valence-corrected chi connectivity index (χ1v) is 4.69. The maximum Gasteiger partial charge on any atom is 0.319 e. The first-order chi connectivity index (χ1) is 4.68. The highest BCUT2D eigenvalue weighted by Crippen LogP contribution is 1.91. The summed E-state index contributed by atoms with van der Waals surface area (Å²) in [7, 11) is -0.707. The molecule has 0 saturated heterocycles. The first-order valence-electron chi connectivity index (χ1n) is 3.12. The molecule has 0 radical (unpaired) electrons. The zero-order chi connectivity index (χ0) is 7.98. The van der Waals surface area contributed by atoms with Crippen LogP contribution in [0.1, 0.15) is 6.92 Å². The number of carbonyl (C=O) groups is 1. The van der Waals surface area contributed by atoms with Gasteiger partial charge in [0.15, 0.2) is 0 Å². The topological polar surface area (TPSA) is 26.3 Å². The van der Waals surface area contributed by atoms with Crippen LogP contribution in [0.2, 0.25) is 6.04 Å². The Bertz CT molecular complexity index is 152. The number of carbonyl (C=O) groups excluding carboxylic acids is 1. The molecule has 0 atom stereocenters. The van der Waals surface area contributed by atoms with Crippen LogP contribution in [0.4, 0.5) is 0 Å². The average Bonchev–Trinajstić information content (AvgIpc) is 1.88. The highest BCUT2D eigenvalue weighted by atomic mass is 28.2. The standard InChI is InChI=1S/C7H12O2Si/c1-4-5-10-9-7(8)6(2)3/h4H,1-2,5,10H2,3H3. The molecule has 0 spiro atoms. The summed E-state index contributed by atoms with van der Waals surface area (Å²) >= 11 is 0. The van der Waals surface area contributed by atoms with E-state index in [9.17, 15) is 4.79 Å². The van der Waals surface area contributed by atoms with Crippen LogP contribution in [0.25, 0.3) is 0 Å². The Morgan fingerprint density at radius 1 is 1.80 bits per heavy atom. The number of rotatable bonds is 4. The van der Waals surface area contributed by atoms with Crippen LogP contribution in [0, 0.1) is 0 Å². The van der Waals surface area contributed by atoms with Crippen molar-refractivity contribution in [2.24, 2.45) is 0 Å². The molecule has 0 N–H and O–H groups in total. The van der Waals surface area contributed by atoms with Crippen molar-refractivity contribution in [3.8, 4) is 0 Å². The van der Waals surface area contributed by atoms with Crippen LogP contribution < -0.4 is 0 Å². The van der Waals surface area contributed by atoms with Gasteiger partial charge in [0.2, 0.25) is 9.76 Å². The van der Waals surface area contributed by atoms with E-state index >= 15 is 0 Å². The summed E-state index contributed by atoms with van der Waals surface area (Å²) in [6.07, 6.45) is 1.76. The summed E-state index contributed by atoms with van der Waals surface area (Å²) in [5.74, 6) is -0.270. The largest absolute Gasteiger partial charge is 0.521 e. The molecule has 0 aromatic rings. The second-order valence-electron chi connectivity index (χ2n) is 1.99. The number of hydrogen-bond donors (Lipinski definition) is 0. The fourth-order valence-electron chi connectivity index (χ4n) is 0.358. The van der Waals surface area contributed by atoms with Crippen molar-refractivity contribution >= 4 is 15.7 Å². The molecule has 0 fully saturated rings. The lowest BCUT2D eigenvalue weighted by atomic mass is 10.4. The molecule has 0 amide bonds. The minimum absolute atomic E-state index is 0.270. The monoisotopic (exact) mass is 156 g/mol. The molecular weight excluding hydrogens is 144 g/mol. The van der Waals surface area contributed by atoms with Crippen LogP contribution in [-0.2, 0) is 9.22 Å². The van der Waals surface area contributed by atoms with Gasteiger partial charge in [0.05, 0.1) is 0 Å². The Morgan fingerprint density at radius 3 is 2.80 bits per heavy atom. The molecule has 0 heterocycles. The van der Waals surface area contributed by atoms with Gasteiger partial charge in [0.1, 0.15) is 0 Å². The van der Waals surface area contributed by atoms with E-state index in [1.165, 1.54) is 0 Å². The molecule has 0 aliphatic heterocycles. The lowest BCUT2D eigenvalue weighted by Crippen LogP contribution is -2.07. The second-order valence-corrected chi connectivity index (χ2v) is 3.27. The average molecular weight is 156 g/mol. The molecule has 0 aromatic carbocycles. The molecule has 0 rings (SSSR count). The molecule has 0 unspecified atom stereocenters. The Kier molecular flexibility index (Phi) is 4.58. The molecule has 56 valence electrons. The third-order valence-electron chi connectivity index (χ3n) is 0.904. The van der Waals surface area contributed by atoms with Gasteiger partial charge in [-0.2, -0.15) is 0 Å². The predicted octanol–water partition coefficient (Wildman–Crippen LogP) is 0.794. The van der Waals surface area contributed by atoms with E-state index in [-0.39, 0.29) is 5.97 Å². The van der Waals surface area contributed by atoms with Gasteiger partial charge >= 0.3 is 5.97 Å². The third kappa shape index (κ3) is 4.09. The highest BCUT2D eigenvalue weighted by Gasteiger charge is 1.99. The van der Waals surface area contributed by atoms with Gasteiger partial charge in [-0.05, 0) is 13.0 Å². The zero-order valence-corrected chi connectivity index (χ0v) is 7.64. The Morgan fingerprint density at radius 2 is 2.40 bits per heavy atom. The van der Waals surface area contributed by atoms with Gasteiger partial charge in [0, 0.05) is 5.57 Å². The van der Waals surface area contributed by atoms with Crippen molar-refractivity contribution in [2.45, 2.75) is 13.0 Å². The smallest absolute Gasteiger partial charge is 0.319 e. The lowest BCUT2D eigenvalue weighted by Gasteiger charge is -2.00. The fourth-order valence-corrected chi connectivity index (χ4v) is 1.07. The quantitative estimate of drug-likeness (QED) is 0.260. The summed E-state index contributed by atoms with van der Waals surface area (Å²) in [5.41, 5.74) is 0.469. The van der Waals surface area contributed by atoms with E-state index in [4.69, 9.17) is 4.43 Å². The third-order valence-corrected chi connectivity index (χ3v) is 2.01. The second kappa shape index (κ2) is 4.99. The number of hydrogen-bond acceptors (Lipinski definition) is 2. The molecule has 0 saturated carbocycles. The molecule has 0 aromatic heterocycles. The van der Waals surface area contributed by atoms with E-state index < -0.39 is 9.76 Å². The Labute approximate surface area is 63.5 Å². The summed E-state index contributed by atoms with van der Waals surface area (Å²) in [6, 6.07) is 0.832. The summed E-state index contributed by atoms with van der Waals surface area (Å²) in [6.45, 7) is 8.62. The van der Waals surface area contributed by atoms with Crippen LogP contribution in [0.15, 0.2) is 24.8 Å². The van der Waals surface area contributed by atoms with Crippen molar-refractivity contribution in [2.75, 3.05) is 0 Å². The fraction of sp³-hybridized carbons (Fsp3) is 0.286. The van der Waals surface area contributed by atoms with Gasteiger partial charge in [0.25, 0.3) is 0 Å². The van der Waals surface area contributed by atoms with E-state index in [0.29, 0.717) is 5.57 Å². The molecule has 10 heavy (non-hydrogen) atoms. The molecular formula is C7H12O2Si.